The van der Waals surface area contributed by atoms with Crippen LogP contribution in [0.3, 0.4) is 0 Å². The Labute approximate surface area is 111 Å². The van der Waals surface area contributed by atoms with Crippen LogP contribution in [0.25, 0.3) is 0 Å². The summed E-state index contributed by atoms with van der Waals surface area (Å²) in [6.07, 6.45) is 2.72. The number of benzene rings is 1. The minimum Gasteiger partial charge on any atom is -0.304 e. The molecule has 1 fully saturated rings. The van der Waals surface area contributed by atoms with E-state index >= 15 is 0 Å². The van der Waals surface area contributed by atoms with Gasteiger partial charge in [0.25, 0.3) is 0 Å². The van der Waals surface area contributed by atoms with Gasteiger partial charge >= 0.3 is 0 Å². The summed E-state index contributed by atoms with van der Waals surface area (Å²) in [5.41, 5.74) is 1.56. The fourth-order valence-electron chi connectivity index (χ4n) is 2.67. The highest BCUT2D eigenvalue weighted by molar-refractivity contribution is 5.19. The smallest absolute Gasteiger partial charge is 0.0453 e. The van der Waals surface area contributed by atoms with Gasteiger partial charge in [0, 0.05) is 18.1 Å². The van der Waals surface area contributed by atoms with Crippen LogP contribution in [0.15, 0.2) is 30.3 Å². The van der Waals surface area contributed by atoms with Crippen LogP contribution in [-0.2, 0) is 0 Å². The summed E-state index contributed by atoms with van der Waals surface area (Å²) in [4.78, 5) is 2.58. The quantitative estimate of drug-likeness (QED) is 0.877. The van der Waals surface area contributed by atoms with Crippen molar-refractivity contribution in [2.24, 2.45) is 0 Å². The first kappa shape index (κ1) is 13.6. The van der Waals surface area contributed by atoms with Gasteiger partial charge in [0.2, 0.25) is 0 Å². The van der Waals surface area contributed by atoms with E-state index in [0.29, 0.717) is 6.04 Å². The molecule has 0 aliphatic carbocycles. The van der Waals surface area contributed by atoms with Crippen LogP contribution in [0.4, 0.5) is 0 Å². The molecule has 1 saturated heterocycles. The van der Waals surface area contributed by atoms with Gasteiger partial charge in [-0.1, -0.05) is 30.3 Å². The van der Waals surface area contributed by atoms with E-state index < -0.39 is 0 Å². The summed E-state index contributed by atoms with van der Waals surface area (Å²) in [6.45, 7) is 10.4. The van der Waals surface area contributed by atoms with Crippen molar-refractivity contribution in [1.82, 2.24) is 10.2 Å². The van der Waals surface area contributed by atoms with Gasteiger partial charge in [-0.25, -0.2) is 0 Å². The van der Waals surface area contributed by atoms with Crippen molar-refractivity contribution >= 4 is 0 Å². The minimum absolute atomic E-state index is 0.153. The highest BCUT2D eigenvalue weighted by atomic mass is 15.2. The van der Waals surface area contributed by atoms with Crippen LogP contribution in [0.5, 0.6) is 0 Å². The molecule has 1 aliphatic heterocycles. The van der Waals surface area contributed by atoms with Gasteiger partial charge in [0.05, 0.1) is 0 Å². The van der Waals surface area contributed by atoms with E-state index in [1.807, 2.05) is 0 Å². The van der Waals surface area contributed by atoms with Gasteiger partial charge in [-0.15, -0.1) is 0 Å². The molecule has 0 bridgehead atoms. The molecule has 0 spiro atoms. The fraction of sp³-hybridized carbons (Fsp3) is 0.625. The predicted octanol–water partition coefficient (Wildman–Crippen LogP) is 3.21. The fourth-order valence-corrected chi connectivity index (χ4v) is 2.67. The molecule has 100 valence electrons. The van der Waals surface area contributed by atoms with Gasteiger partial charge < -0.3 is 10.2 Å². The lowest BCUT2D eigenvalue weighted by molar-refractivity contribution is 0.258. The van der Waals surface area contributed by atoms with Gasteiger partial charge in [-0.05, 0) is 52.3 Å². The van der Waals surface area contributed by atoms with Crippen molar-refractivity contribution in [3.63, 3.8) is 0 Å². The average molecular weight is 246 g/mol. The van der Waals surface area contributed by atoms with Crippen molar-refractivity contribution in [3.05, 3.63) is 35.9 Å². The number of hydrogen-bond acceptors (Lipinski definition) is 2. The van der Waals surface area contributed by atoms with Crippen molar-refractivity contribution in [2.45, 2.75) is 45.2 Å². The third kappa shape index (κ3) is 4.11. The molecule has 0 unspecified atom stereocenters. The van der Waals surface area contributed by atoms with Crippen molar-refractivity contribution in [2.75, 3.05) is 19.6 Å². The molecule has 1 aliphatic rings. The molecule has 2 heteroatoms. The van der Waals surface area contributed by atoms with E-state index in [2.05, 4.69) is 61.3 Å². The first-order valence-electron chi connectivity index (χ1n) is 7.09. The van der Waals surface area contributed by atoms with Gasteiger partial charge in [-0.3, -0.25) is 0 Å². The zero-order valence-electron chi connectivity index (χ0n) is 11.9. The standard InChI is InChI=1S/C16H26N2/c1-16(2,3)17-15(13-18-11-7-8-12-18)14-9-5-4-6-10-14/h4-6,9-10,15,17H,7-8,11-13H2,1-3H3/t15-/m0/s1. The van der Waals surface area contributed by atoms with Crippen molar-refractivity contribution in [1.29, 1.82) is 0 Å². The minimum atomic E-state index is 0.153. The maximum absolute atomic E-state index is 3.76. The Balaban J connectivity index is 2.07. The van der Waals surface area contributed by atoms with Gasteiger partial charge in [-0.2, -0.15) is 0 Å². The molecule has 1 aromatic carbocycles. The van der Waals surface area contributed by atoms with Crippen LogP contribution in [0.2, 0.25) is 0 Å². The number of likely N-dealkylation sites (tertiary alicyclic amines) is 1. The number of nitrogens with zero attached hydrogens (tertiary/aromatic N) is 1. The predicted molar refractivity (Wildman–Crippen MR) is 77.7 cm³/mol. The molecule has 1 aromatic rings. The van der Waals surface area contributed by atoms with Crippen molar-refractivity contribution < 1.29 is 0 Å². The second-order valence-corrected chi connectivity index (χ2v) is 6.37. The zero-order valence-corrected chi connectivity index (χ0v) is 11.9. The molecule has 0 saturated carbocycles. The second-order valence-electron chi connectivity index (χ2n) is 6.37. The summed E-state index contributed by atoms with van der Waals surface area (Å²) in [7, 11) is 0. The highest BCUT2D eigenvalue weighted by Gasteiger charge is 2.22. The zero-order chi connectivity index (χ0) is 13.0. The molecule has 2 nitrogen and oxygen atoms in total. The topological polar surface area (TPSA) is 15.3 Å². The maximum atomic E-state index is 3.76. The second kappa shape index (κ2) is 5.85. The summed E-state index contributed by atoms with van der Waals surface area (Å²) < 4.78 is 0. The van der Waals surface area contributed by atoms with Crippen LogP contribution in [-0.4, -0.2) is 30.1 Å². The Morgan fingerprint density at radius 1 is 1.11 bits per heavy atom. The summed E-state index contributed by atoms with van der Waals surface area (Å²) >= 11 is 0. The van der Waals surface area contributed by atoms with E-state index in [1.54, 1.807) is 0 Å². The van der Waals surface area contributed by atoms with Gasteiger partial charge in [0.15, 0.2) is 0 Å². The summed E-state index contributed by atoms with van der Waals surface area (Å²) in [6, 6.07) is 11.3. The average Bonchev–Trinajstić information content (AvgIpc) is 2.80. The lowest BCUT2D eigenvalue weighted by atomic mass is 10.0. The Hall–Kier alpha value is -0.860. The SMILES string of the molecule is CC(C)(C)N[C@@H](CN1CCCC1)c1ccccc1. The van der Waals surface area contributed by atoms with E-state index in [0.717, 1.165) is 6.54 Å². The van der Waals surface area contributed by atoms with Crippen LogP contribution in [0, 0.1) is 0 Å². The molecular formula is C16H26N2. The summed E-state index contributed by atoms with van der Waals surface area (Å²) in [5.74, 6) is 0. The van der Waals surface area contributed by atoms with Crippen molar-refractivity contribution in [3.8, 4) is 0 Å². The van der Waals surface area contributed by atoms with Crippen LogP contribution >= 0.6 is 0 Å². The van der Waals surface area contributed by atoms with Crippen LogP contribution in [0.1, 0.15) is 45.2 Å². The number of rotatable bonds is 4. The number of nitrogens with one attached hydrogen (secondary N) is 1. The molecule has 1 heterocycles. The third-order valence-corrected chi connectivity index (χ3v) is 3.45. The molecule has 0 radical (unpaired) electrons. The van der Waals surface area contributed by atoms with E-state index in [-0.39, 0.29) is 5.54 Å². The molecule has 0 aromatic heterocycles. The van der Waals surface area contributed by atoms with E-state index in [4.69, 9.17) is 0 Å². The van der Waals surface area contributed by atoms with E-state index in [1.165, 1.54) is 31.5 Å². The Kier molecular flexibility index (Phi) is 4.41. The third-order valence-electron chi connectivity index (χ3n) is 3.45. The normalized spacial score (nSPS) is 19.1. The molecular weight excluding hydrogens is 220 g/mol. The largest absolute Gasteiger partial charge is 0.304 e. The first-order chi connectivity index (χ1) is 8.54. The molecule has 2 rings (SSSR count). The monoisotopic (exact) mass is 246 g/mol. The molecule has 1 N–H and O–H groups in total. The van der Waals surface area contributed by atoms with Crippen LogP contribution < -0.4 is 5.32 Å². The van der Waals surface area contributed by atoms with Gasteiger partial charge in [0.1, 0.15) is 0 Å². The maximum Gasteiger partial charge on any atom is 0.0453 e. The lowest BCUT2D eigenvalue weighted by Crippen LogP contribution is -2.43. The molecule has 18 heavy (non-hydrogen) atoms. The Morgan fingerprint density at radius 2 is 1.72 bits per heavy atom. The first-order valence-corrected chi connectivity index (χ1v) is 7.09. The highest BCUT2D eigenvalue weighted by Crippen LogP contribution is 2.20. The number of hydrogen-bond donors (Lipinski definition) is 1. The Bertz CT molecular complexity index is 347. The summed E-state index contributed by atoms with van der Waals surface area (Å²) in [5, 5.41) is 3.76. The lowest BCUT2D eigenvalue weighted by Gasteiger charge is -2.31. The molecule has 1 atom stereocenters. The Morgan fingerprint density at radius 3 is 2.28 bits per heavy atom. The van der Waals surface area contributed by atoms with E-state index in [9.17, 15) is 0 Å². The molecule has 0 amide bonds.